The molecule has 0 aromatic rings. The van der Waals surface area contributed by atoms with Crippen LogP contribution in [0.3, 0.4) is 0 Å². The van der Waals surface area contributed by atoms with Crippen LogP contribution in [0.1, 0.15) is 0 Å². The van der Waals surface area contributed by atoms with Gasteiger partial charge in [-0.25, -0.2) is 13.7 Å². The van der Waals surface area contributed by atoms with Crippen LogP contribution in [0.15, 0.2) is 0 Å². The molecular weight excluding hydrogens is 277 g/mol. The van der Waals surface area contributed by atoms with Crippen molar-refractivity contribution in [3.05, 3.63) is 0 Å². The van der Waals surface area contributed by atoms with E-state index in [0.29, 0.717) is 0 Å². The van der Waals surface area contributed by atoms with Gasteiger partial charge in [0.1, 0.15) is 0 Å². The Bertz CT molecular complexity index is 259. The summed E-state index contributed by atoms with van der Waals surface area (Å²) in [6.45, 7) is 0. The molecule has 0 atom stereocenters. The molecule has 13 heavy (non-hydrogen) atoms. The van der Waals surface area contributed by atoms with Crippen molar-refractivity contribution in [2.45, 2.75) is 0 Å². The third-order valence-corrected chi connectivity index (χ3v) is 5.57. The van der Waals surface area contributed by atoms with E-state index in [1.165, 1.54) is 0 Å². The van der Waals surface area contributed by atoms with Crippen molar-refractivity contribution < 1.29 is 41.3 Å². The molecule has 0 radical (unpaired) electrons. The molecule has 0 aromatic heterocycles. The summed E-state index contributed by atoms with van der Waals surface area (Å²) in [6.07, 6.45) is 0. The fourth-order valence-electron chi connectivity index (χ4n) is 0.436. The van der Waals surface area contributed by atoms with Crippen molar-refractivity contribution in [3.63, 3.8) is 0 Å². The van der Waals surface area contributed by atoms with E-state index < -0.39 is 23.5 Å². The van der Waals surface area contributed by atoms with E-state index in [4.69, 9.17) is 14.7 Å². The molecule has 9 nitrogen and oxygen atoms in total. The second-order valence-corrected chi connectivity index (χ2v) is 6.42. The third kappa shape index (κ3) is 4.84. The Kier molecular flexibility index (Phi) is 4.86. The van der Waals surface area contributed by atoms with E-state index in [1.807, 2.05) is 0 Å². The van der Waals surface area contributed by atoms with Crippen molar-refractivity contribution in [3.8, 4) is 0 Å². The van der Waals surface area contributed by atoms with Crippen LogP contribution in [0.25, 0.3) is 0 Å². The Labute approximate surface area is 102 Å². The fourth-order valence-corrected chi connectivity index (χ4v) is 4.73. The first-order valence-corrected chi connectivity index (χ1v) is 6.73. The zero-order valence-corrected chi connectivity index (χ0v) is 10.7. The summed E-state index contributed by atoms with van der Waals surface area (Å²) < 4.78 is 41.6. The Morgan fingerprint density at radius 1 is 0.692 bits per heavy atom. The van der Waals surface area contributed by atoms with Gasteiger partial charge >= 0.3 is 61.2 Å². The monoisotopic (exact) mass is 280 g/mol. The minimum atomic E-state index is -4.98. The molecule has 0 aromatic carbocycles. The summed E-state index contributed by atoms with van der Waals surface area (Å²) in [7, 11) is -14.9. The van der Waals surface area contributed by atoms with E-state index in [9.17, 15) is 13.7 Å². The van der Waals surface area contributed by atoms with Gasteiger partial charge in [0.2, 0.25) is 0 Å². The zero-order chi connectivity index (χ0) is 9.62. The fraction of sp³-hybridized carbons (Fsp3) is 0. The van der Waals surface area contributed by atoms with Gasteiger partial charge in [-0.1, -0.05) is 0 Å². The molecule has 0 bridgehead atoms. The van der Waals surface area contributed by atoms with Gasteiger partial charge in [-0.3, -0.25) is 0 Å². The van der Waals surface area contributed by atoms with Gasteiger partial charge in [0.05, 0.1) is 0 Å². The first kappa shape index (κ1) is 14.7. The van der Waals surface area contributed by atoms with Crippen molar-refractivity contribution in [1.29, 1.82) is 0 Å². The van der Waals surface area contributed by atoms with Crippen molar-refractivity contribution in [2.24, 2.45) is 0 Å². The van der Waals surface area contributed by atoms with Gasteiger partial charge in [-0.2, -0.15) is 12.9 Å². The maximum atomic E-state index is 10.4. The molecule has 1 fully saturated rings. The molecular formula is H3CaO9P3+2. The Balaban J connectivity index is 0.00000144. The zero-order valence-electron chi connectivity index (χ0n) is 5.84. The van der Waals surface area contributed by atoms with Crippen molar-refractivity contribution in [2.75, 3.05) is 0 Å². The topological polar surface area (TPSA) is 140 Å². The van der Waals surface area contributed by atoms with Crippen LogP contribution >= 0.6 is 23.5 Å². The summed E-state index contributed by atoms with van der Waals surface area (Å²) >= 11 is 0. The van der Waals surface area contributed by atoms with Crippen LogP contribution < -0.4 is 0 Å². The smallest absolute Gasteiger partial charge is 0.302 e. The van der Waals surface area contributed by atoms with Crippen LogP contribution in [-0.2, 0) is 26.6 Å². The average Bonchev–Trinajstić information content (AvgIpc) is 1.44. The molecule has 0 amide bonds. The van der Waals surface area contributed by atoms with Gasteiger partial charge in [-0.05, 0) is 0 Å². The number of rotatable bonds is 0. The number of hydrogen-bond acceptors (Lipinski definition) is 6. The minimum Gasteiger partial charge on any atom is -0.302 e. The van der Waals surface area contributed by atoms with Gasteiger partial charge in [0.25, 0.3) is 0 Å². The molecule has 1 aliphatic rings. The van der Waals surface area contributed by atoms with E-state index >= 15 is 0 Å². The molecule has 13 heteroatoms. The summed E-state index contributed by atoms with van der Waals surface area (Å²) in [6, 6.07) is 0. The van der Waals surface area contributed by atoms with Crippen LogP contribution in [0, 0.1) is 0 Å². The third-order valence-electron chi connectivity index (χ3n) is 0.619. The molecule has 0 unspecified atom stereocenters. The molecule has 0 saturated carbocycles. The largest absolute Gasteiger partial charge is 2.00 e. The van der Waals surface area contributed by atoms with Crippen molar-refractivity contribution in [1.82, 2.24) is 0 Å². The van der Waals surface area contributed by atoms with E-state index in [2.05, 4.69) is 12.9 Å². The maximum absolute atomic E-state index is 10.4. The second kappa shape index (κ2) is 4.29. The van der Waals surface area contributed by atoms with Gasteiger partial charge in [0.15, 0.2) is 0 Å². The second-order valence-electron chi connectivity index (χ2n) is 1.65. The molecule has 1 saturated heterocycles. The summed E-state index contributed by atoms with van der Waals surface area (Å²) in [5, 5.41) is 0. The average molecular weight is 280 g/mol. The molecule has 1 heterocycles. The summed E-state index contributed by atoms with van der Waals surface area (Å²) in [4.78, 5) is 25.2. The molecule has 0 spiro atoms. The molecule has 1 aliphatic heterocycles. The Morgan fingerprint density at radius 3 is 1.00 bits per heavy atom. The molecule has 72 valence electrons. The number of phosphoric acid groups is 3. The van der Waals surface area contributed by atoms with Gasteiger partial charge in [-0.15, -0.1) is 0 Å². The van der Waals surface area contributed by atoms with Crippen LogP contribution in [0.4, 0.5) is 0 Å². The molecule has 0 aliphatic carbocycles. The van der Waals surface area contributed by atoms with Crippen LogP contribution in [0.5, 0.6) is 0 Å². The van der Waals surface area contributed by atoms with Crippen LogP contribution in [0.2, 0.25) is 0 Å². The predicted octanol–water partition coefficient (Wildman–Crippen LogP) is -0.0298. The quantitative estimate of drug-likeness (QED) is 0.412. The minimum absolute atomic E-state index is 0. The SMILES string of the molecule is O=P1(O)OP(=O)(O)OP(=O)(O)O1.[Ca+2]. The van der Waals surface area contributed by atoms with Gasteiger partial charge in [0, 0.05) is 0 Å². The van der Waals surface area contributed by atoms with E-state index in [-0.39, 0.29) is 37.7 Å². The molecule has 1 rings (SSSR count). The van der Waals surface area contributed by atoms with Crippen molar-refractivity contribution >= 4 is 61.2 Å². The Hall–Kier alpha value is 1.71. The van der Waals surface area contributed by atoms with E-state index in [0.717, 1.165) is 0 Å². The maximum Gasteiger partial charge on any atom is 2.00 e. The van der Waals surface area contributed by atoms with Gasteiger partial charge < -0.3 is 14.7 Å². The summed E-state index contributed by atoms with van der Waals surface area (Å²) in [5.41, 5.74) is 0. The first-order chi connectivity index (χ1) is 5.12. The first-order valence-electron chi connectivity index (χ1n) is 2.24. The number of hydrogen-bond donors (Lipinski definition) is 3. The molecule has 3 N–H and O–H groups in total. The van der Waals surface area contributed by atoms with Crippen LogP contribution in [-0.4, -0.2) is 52.4 Å². The van der Waals surface area contributed by atoms with E-state index in [1.54, 1.807) is 0 Å². The predicted molar refractivity (Wildman–Crippen MR) is 38.5 cm³/mol. The normalized spacial score (nSPS) is 51.0. The Morgan fingerprint density at radius 2 is 0.846 bits per heavy atom. The summed E-state index contributed by atoms with van der Waals surface area (Å²) in [5.74, 6) is 0. The standard InChI is InChI=1S/Ca.H3O9P3/c;1-10(2)7-11(3,4)9-12(5,6)8-10/h;(H,1,2)(H,3,4)(H,5,6)/q+2;.